The molecular formula is C22H38NO+. The van der Waals surface area contributed by atoms with Crippen molar-refractivity contribution in [2.75, 3.05) is 6.54 Å². The zero-order valence-corrected chi connectivity index (χ0v) is 15.9. The molecule has 2 heteroatoms. The summed E-state index contributed by atoms with van der Waals surface area (Å²) in [6.07, 6.45) is 26.4. The van der Waals surface area contributed by atoms with Gasteiger partial charge in [0.05, 0.1) is 12.0 Å². The lowest BCUT2D eigenvalue weighted by molar-refractivity contribution is -0.454. The van der Waals surface area contributed by atoms with Gasteiger partial charge in [-0.05, 0) is 6.42 Å². The molecule has 0 saturated carbocycles. The van der Waals surface area contributed by atoms with Gasteiger partial charge in [0.25, 0.3) is 0 Å². The lowest BCUT2D eigenvalue weighted by Crippen LogP contribution is -2.11. The summed E-state index contributed by atoms with van der Waals surface area (Å²) in [6, 6.07) is 0. The molecular weight excluding hydrogens is 294 g/mol. The maximum atomic E-state index is 10.5. The number of hydrogen-bond donors (Lipinski definition) is 0. The fourth-order valence-corrected chi connectivity index (χ4v) is 3.26. The molecule has 0 saturated heterocycles. The summed E-state index contributed by atoms with van der Waals surface area (Å²) in [6.45, 7) is 3.37. The average molecular weight is 333 g/mol. The Hall–Kier alpha value is -1.14. The Morgan fingerprint density at radius 2 is 1.33 bits per heavy atom. The second kappa shape index (κ2) is 15.4. The summed E-state index contributed by atoms with van der Waals surface area (Å²) in [5.74, 6) is 1.97. The van der Waals surface area contributed by atoms with Crippen molar-refractivity contribution in [2.45, 2.75) is 103 Å². The lowest BCUT2D eigenvalue weighted by atomic mass is 10.0. The van der Waals surface area contributed by atoms with Gasteiger partial charge in [-0.15, -0.1) is 0 Å². The van der Waals surface area contributed by atoms with Gasteiger partial charge in [-0.25, -0.2) is 9.37 Å². The molecule has 0 fully saturated rings. The summed E-state index contributed by atoms with van der Waals surface area (Å²) in [4.78, 5) is 10.5. The van der Waals surface area contributed by atoms with Crippen LogP contribution in [0.1, 0.15) is 103 Å². The average Bonchev–Trinajstić information content (AvgIpc) is 2.62. The van der Waals surface area contributed by atoms with Gasteiger partial charge >= 0.3 is 0 Å². The zero-order valence-electron chi connectivity index (χ0n) is 15.9. The molecule has 0 spiro atoms. The first-order valence-electron chi connectivity index (χ1n) is 10.4. The molecule has 0 atom stereocenters. The first kappa shape index (κ1) is 20.9. The fraction of sp³-hybridized carbons (Fsp3) is 0.773. The van der Waals surface area contributed by atoms with Crippen LogP contribution in [0.5, 0.6) is 0 Å². The van der Waals surface area contributed by atoms with Crippen LogP contribution >= 0.6 is 0 Å². The SMILES string of the molecule is CCCCCCCCCCCCCCCC[N+]1=CCC(=C=O)C=C1. The predicted octanol–water partition coefficient (Wildman–Crippen LogP) is 6.23. The Morgan fingerprint density at radius 1 is 0.833 bits per heavy atom. The molecule has 0 aromatic heterocycles. The topological polar surface area (TPSA) is 20.1 Å². The quantitative estimate of drug-likeness (QED) is 0.198. The number of rotatable bonds is 15. The maximum absolute atomic E-state index is 10.5. The second-order valence-electron chi connectivity index (χ2n) is 7.16. The molecule has 1 heterocycles. The summed E-state index contributed by atoms with van der Waals surface area (Å²) < 4.78 is 2.21. The van der Waals surface area contributed by atoms with Crippen molar-refractivity contribution in [2.24, 2.45) is 0 Å². The van der Waals surface area contributed by atoms with E-state index in [0.717, 1.165) is 18.5 Å². The van der Waals surface area contributed by atoms with Crippen molar-refractivity contribution < 1.29 is 9.37 Å². The molecule has 0 aromatic carbocycles. The van der Waals surface area contributed by atoms with Gasteiger partial charge in [-0.1, -0.05) is 84.0 Å². The molecule has 0 amide bonds. The highest BCUT2D eigenvalue weighted by molar-refractivity contribution is 5.69. The Labute approximate surface area is 149 Å². The van der Waals surface area contributed by atoms with E-state index < -0.39 is 0 Å². The van der Waals surface area contributed by atoms with Crippen LogP contribution in [-0.2, 0) is 4.79 Å². The van der Waals surface area contributed by atoms with Crippen molar-refractivity contribution >= 4 is 12.2 Å². The molecule has 0 unspecified atom stereocenters. The molecule has 1 rings (SSSR count). The zero-order chi connectivity index (χ0) is 17.3. The first-order chi connectivity index (χ1) is 11.9. The molecule has 1 aliphatic heterocycles. The van der Waals surface area contributed by atoms with Crippen molar-refractivity contribution in [3.8, 4) is 0 Å². The summed E-state index contributed by atoms with van der Waals surface area (Å²) >= 11 is 0. The molecule has 24 heavy (non-hydrogen) atoms. The van der Waals surface area contributed by atoms with E-state index in [0.29, 0.717) is 0 Å². The van der Waals surface area contributed by atoms with E-state index in [1.54, 1.807) is 0 Å². The van der Waals surface area contributed by atoms with E-state index in [-0.39, 0.29) is 0 Å². The van der Waals surface area contributed by atoms with Crippen LogP contribution in [0.2, 0.25) is 0 Å². The summed E-state index contributed by atoms with van der Waals surface area (Å²) in [5, 5.41) is 0. The van der Waals surface area contributed by atoms with E-state index in [2.05, 4.69) is 17.7 Å². The molecule has 1 aliphatic rings. The van der Waals surface area contributed by atoms with E-state index in [9.17, 15) is 4.79 Å². The van der Waals surface area contributed by atoms with Crippen LogP contribution in [0.15, 0.2) is 17.8 Å². The van der Waals surface area contributed by atoms with E-state index in [1.165, 1.54) is 89.9 Å². The first-order valence-corrected chi connectivity index (χ1v) is 10.4. The van der Waals surface area contributed by atoms with Crippen LogP contribution in [0.4, 0.5) is 0 Å². The molecule has 0 aliphatic carbocycles. The van der Waals surface area contributed by atoms with Crippen LogP contribution in [0.3, 0.4) is 0 Å². The number of allylic oxidation sites excluding steroid dienone is 2. The van der Waals surface area contributed by atoms with Gasteiger partial charge in [0.2, 0.25) is 0 Å². The second-order valence-corrected chi connectivity index (χ2v) is 7.16. The number of hydrogen-bond acceptors (Lipinski definition) is 1. The largest absolute Gasteiger partial charge is 0.233 e. The summed E-state index contributed by atoms with van der Waals surface area (Å²) in [7, 11) is 0. The Morgan fingerprint density at radius 3 is 1.75 bits per heavy atom. The van der Waals surface area contributed by atoms with Crippen LogP contribution in [0, 0.1) is 0 Å². The highest BCUT2D eigenvalue weighted by atomic mass is 16.1. The minimum Gasteiger partial charge on any atom is -0.233 e. The van der Waals surface area contributed by atoms with Crippen molar-refractivity contribution in [3.05, 3.63) is 17.8 Å². The van der Waals surface area contributed by atoms with Gasteiger partial charge in [0, 0.05) is 12.5 Å². The van der Waals surface area contributed by atoms with Crippen molar-refractivity contribution in [3.63, 3.8) is 0 Å². The molecule has 0 bridgehead atoms. The number of nitrogens with zero attached hydrogens (tertiary/aromatic N) is 1. The molecule has 136 valence electrons. The van der Waals surface area contributed by atoms with Crippen LogP contribution in [0.25, 0.3) is 0 Å². The third-order valence-corrected chi connectivity index (χ3v) is 4.91. The van der Waals surface area contributed by atoms with Gasteiger partial charge in [0.15, 0.2) is 6.20 Å². The van der Waals surface area contributed by atoms with E-state index in [1.807, 2.05) is 18.2 Å². The lowest BCUT2D eigenvalue weighted by Gasteiger charge is -2.04. The van der Waals surface area contributed by atoms with Crippen molar-refractivity contribution in [1.29, 1.82) is 0 Å². The Balaban J connectivity index is 1.79. The smallest absolute Gasteiger partial charge is 0.169 e. The third kappa shape index (κ3) is 11.4. The van der Waals surface area contributed by atoms with Crippen LogP contribution < -0.4 is 0 Å². The normalized spacial score (nSPS) is 13.9. The van der Waals surface area contributed by atoms with Gasteiger partial charge in [0.1, 0.15) is 18.7 Å². The highest BCUT2D eigenvalue weighted by Gasteiger charge is 2.07. The van der Waals surface area contributed by atoms with Gasteiger partial charge in [-0.2, -0.15) is 0 Å². The number of unbranched alkanes of at least 4 members (excludes halogenated alkanes) is 13. The van der Waals surface area contributed by atoms with Crippen molar-refractivity contribution in [1.82, 2.24) is 0 Å². The fourth-order valence-electron chi connectivity index (χ4n) is 3.26. The summed E-state index contributed by atoms with van der Waals surface area (Å²) in [5.41, 5.74) is 0.757. The minimum atomic E-state index is 0.735. The predicted molar refractivity (Wildman–Crippen MR) is 104 cm³/mol. The minimum absolute atomic E-state index is 0.735. The standard InChI is InChI=1S/C22H38NO/c1-2-3-4-5-6-7-8-9-10-11-12-13-14-15-18-23-19-16-22(21-24)17-20-23/h16,19-20H,2-15,17-18H2,1H3/q+1. The highest BCUT2D eigenvalue weighted by Crippen LogP contribution is 2.13. The van der Waals surface area contributed by atoms with Crippen LogP contribution in [-0.4, -0.2) is 23.3 Å². The third-order valence-electron chi connectivity index (χ3n) is 4.91. The van der Waals surface area contributed by atoms with Gasteiger partial charge in [-0.3, -0.25) is 0 Å². The monoisotopic (exact) mass is 332 g/mol. The Bertz CT molecular complexity index is 416. The van der Waals surface area contributed by atoms with Gasteiger partial charge < -0.3 is 0 Å². The molecule has 0 N–H and O–H groups in total. The molecule has 0 aromatic rings. The Kier molecular flexibility index (Phi) is 13.4. The maximum Gasteiger partial charge on any atom is 0.169 e. The molecule has 2 nitrogen and oxygen atoms in total. The van der Waals surface area contributed by atoms with E-state index >= 15 is 0 Å². The molecule has 0 radical (unpaired) electrons. The number of carbonyl (C=O) groups excluding carboxylic acids is 1. The van der Waals surface area contributed by atoms with E-state index in [4.69, 9.17) is 0 Å².